The minimum atomic E-state index is -0.891. The maximum Gasteiger partial charge on any atom is 0.262 e. The number of nitrogens with zero attached hydrogens (tertiary/aromatic N) is 3. The first-order valence-corrected chi connectivity index (χ1v) is 23.0. The number of aryl methyl sites for hydroxylation is 3. The Kier molecular flexibility index (Phi) is 18.1. The smallest absolute Gasteiger partial charge is 0.262 e. The molecule has 3 heterocycles. The highest BCUT2D eigenvalue weighted by Crippen LogP contribution is 2.33. The predicted molar refractivity (Wildman–Crippen MR) is 246 cm³/mol. The van der Waals surface area contributed by atoms with Crippen LogP contribution in [-0.4, -0.2) is 128 Å². The molecular weight excluding hydrogens is 847 g/mol. The molecule has 1 aliphatic carbocycles. The molecule has 4 amide bonds. The fourth-order valence-electron chi connectivity index (χ4n) is 9.05. The van der Waals surface area contributed by atoms with Gasteiger partial charge in [-0.25, -0.2) is 0 Å². The summed E-state index contributed by atoms with van der Waals surface area (Å²) in [6.07, 6.45) is 4.43. The van der Waals surface area contributed by atoms with Gasteiger partial charge >= 0.3 is 0 Å². The number of carbonyl (C=O) groups excluding carboxylic acids is 6. The number of nitrogens with one attached hydrogen (secondary N) is 2. The Hall–Kier alpha value is -5.81. The molecule has 2 atom stereocenters. The number of benzene rings is 2. The summed E-state index contributed by atoms with van der Waals surface area (Å²) < 4.78 is 22.5. The highest BCUT2D eigenvalue weighted by molar-refractivity contribution is 6.24. The number of Topliss-reactive ketones (excluding diaryl/α,β-unsaturated/α-hetero) is 2. The fourth-order valence-corrected chi connectivity index (χ4v) is 9.05. The van der Waals surface area contributed by atoms with E-state index in [1.165, 1.54) is 0 Å². The van der Waals surface area contributed by atoms with Crippen molar-refractivity contribution in [1.29, 1.82) is 0 Å². The number of rotatable bonds is 23. The van der Waals surface area contributed by atoms with E-state index in [1.807, 2.05) is 68.1 Å². The Morgan fingerprint density at radius 1 is 0.848 bits per heavy atom. The summed E-state index contributed by atoms with van der Waals surface area (Å²) in [5.74, 6) is -1.58. The molecule has 2 N–H and O–H groups in total. The number of aromatic amines is 1. The van der Waals surface area contributed by atoms with Gasteiger partial charge in [-0.1, -0.05) is 30.3 Å². The Bertz CT molecular complexity index is 2300. The van der Waals surface area contributed by atoms with E-state index in [0.717, 1.165) is 45.9 Å². The average Bonchev–Trinajstić information content (AvgIpc) is 3.55. The van der Waals surface area contributed by atoms with Crippen molar-refractivity contribution < 1.29 is 47.7 Å². The molecule has 0 radical (unpaired) electrons. The second kappa shape index (κ2) is 24.1. The van der Waals surface area contributed by atoms with E-state index >= 15 is 0 Å². The predicted octanol–water partition coefficient (Wildman–Crippen LogP) is 4.63. The molecule has 0 bridgehead atoms. The van der Waals surface area contributed by atoms with Gasteiger partial charge in [-0.2, -0.15) is 0 Å². The van der Waals surface area contributed by atoms with Crippen molar-refractivity contribution >= 4 is 40.9 Å². The molecule has 2 unspecified atom stereocenters. The van der Waals surface area contributed by atoms with Gasteiger partial charge in [0.05, 0.1) is 63.2 Å². The average molecular weight is 910 g/mol. The zero-order valence-electron chi connectivity index (χ0n) is 38.6. The summed E-state index contributed by atoms with van der Waals surface area (Å²) in [5, 5.41) is 2.88. The fraction of sp³-hybridized carbons (Fsp3) is 0.500. The number of likely N-dealkylation sites (tertiary alicyclic amines) is 1. The number of piperidine rings is 1. The second-order valence-electron chi connectivity index (χ2n) is 17.2. The van der Waals surface area contributed by atoms with E-state index in [4.69, 9.17) is 18.9 Å². The number of pyridine rings is 1. The number of ketones is 2. The number of imide groups is 1. The number of hydrogen-bond donors (Lipinski definition) is 2. The monoisotopic (exact) mass is 909 g/mol. The van der Waals surface area contributed by atoms with Gasteiger partial charge in [0.2, 0.25) is 11.8 Å². The van der Waals surface area contributed by atoms with E-state index in [1.54, 1.807) is 18.2 Å². The molecule has 3 aliphatic rings. The molecule has 2 aliphatic heterocycles. The van der Waals surface area contributed by atoms with Crippen LogP contribution in [0.2, 0.25) is 0 Å². The lowest BCUT2D eigenvalue weighted by Crippen LogP contribution is -2.47. The normalized spacial score (nSPS) is 17.3. The van der Waals surface area contributed by atoms with Crippen molar-refractivity contribution in [1.82, 2.24) is 20.1 Å². The van der Waals surface area contributed by atoms with Crippen LogP contribution in [-0.2, 0) is 51.1 Å². The first kappa shape index (κ1) is 49.6. The lowest BCUT2D eigenvalue weighted by atomic mass is 9.88. The number of para-hydroxylation sites is 1. The molecular formula is C50H63N5O11. The third-order valence-corrected chi connectivity index (χ3v) is 12.5. The standard InChI is InChI=1S/C50H63N5O11/c1-33-28-34(2)52-48(60)42(33)31-51-45(58)29-35(3)54(39-12-6-5-7-13-39)36(4)37-17-19-53(20-18-37)46(59)32-66-27-26-65-25-24-64-23-22-63-21-9-11-38-10-8-14-41-47(38)50(62)55(49(41)61)43-16-15-40(56)30-44(43)57/h5-8,10,12-14,28-29,36-37,43H,9,11,15-27,30-32H2,1-4H3,(H,51,58)(H,52,60)/b35-29+. The third kappa shape index (κ3) is 13.0. The number of allylic oxidation sites excluding steroid dienone is 1. The van der Waals surface area contributed by atoms with Gasteiger partial charge in [-0.05, 0) is 101 Å². The molecule has 2 fully saturated rings. The summed E-state index contributed by atoms with van der Waals surface area (Å²) in [6.45, 7) is 11.6. The van der Waals surface area contributed by atoms with Crippen LogP contribution in [0.4, 0.5) is 5.69 Å². The zero-order chi connectivity index (χ0) is 47.2. The first-order chi connectivity index (χ1) is 31.8. The van der Waals surface area contributed by atoms with Gasteiger partial charge < -0.3 is 39.0 Å². The molecule has 3 aromatic rings. The van der Waals surface area contributed by atoms with Crippen molar-refractivity contribution in [3.63, 3.8) is 0 Å². The molecule has 1 saturated heterocycles. The minimum Gasteiger partial charge on any atom is -0.379 e. The number of aromatic nitrogens is 1. The molecule has 2 aromatic carbocycles. The lowest BCUT2D eigenvalue weighted by molar-refractivity contribution is -0.138. The Balaban J connectivity index is 0.812. The molecule has 6 rings (SSSR count). The number of carbonyl (C=O) groups is 6. The topological polar surface area (TPSA) is 194 Å². The highest BCUT2D eigenvalue weighted by atomic mass is 16.6. The molecule has 1 aromatic heterocycles. The van der Waals surface area contributed by atoms with Gasteiger partial charge in [0.25, 0.3) is 17.4 Å². The largest absolute Gasteiger partial charge is 0.379 e. The minimum absolute atomic E-state index is 0.0250. The Morgan fingerprint density at radius 2 is 1.52 bits per heavy atom. The van der Waals surface area contributed by atoms with Crippen LogP contribution in [0.5, 0.6) is 0 Å². The van der Waals surface area contributed by atoms with Gasteiger partial charge in [-0.15, -0.1) is 0 Å². The van der Waals surface area contributed by atoms with Crippen molar-refractivity contribution in [2.75, 3.05) is 70.8 Å². The second-order valence-corrected chi connectivity index (χ2v) is 17.2. The van der Waals surface area contributed by atoms with E-state index in [2.05, 4.69) is 22.1 Å². The summed E-state index contributed by atoms with van der Waals surface area (Å²) >= 11 is 0. The number of anilines is 1. The molecule has 354 valence electrons. The van der Waals surface area contributed by atoms with Gasteiger partial charge in [0.15, 0.2) is 5.78 Å². The highest BCUT2D eigenvalue weighted by Gasteiger charge is 2.45. The summed E-state index contributed by atoms with van der Waals surface area (Å²) in [5.41, 5.74) is 5.02. The van der Waals surface area contributed by atoms with E-state index in [0.29, 0.717) is 82.3 Å². The van der Waals surface area contributed by atoms with Crippen LogP contribution < -0.4 is 15.8 Å². The molecule has 16 heteroatoms. The maximum absolute atomic E-state index is 13.3. The van der Waals surface area contributed by atoms with E-state index in [9.17, 15) is 33.6 Å². The Morgan fingerprint density at radius 3 is 2.18 bits per heavy atom. The van der Waals surface area contributed by atoms with Crippen LogP contribution in [0, 0.1) is 19.8 Å². The van der Waals surface area contributed by atoms with E-state index in [-0.39, 0.29) is 79.9 Å². The summed E-state index contributed by atoms with van der Waals surface area (Å²) in [7, 11) is 0. The van der Waals surface area contributed by atoms with Crippen LogP contribution >= 0.6 is 0 Å². The van der Waals surface area contributed by atoms with Crippen molar-refractivity contribution in [2.24, 2.45) is 5.92 Å². The number of amides is 4. The quantitative estimate of drug-likeness (QED) is 0.0581. The number of hydrogen-bond acceptors (Lipinski definition) is 12. The molecule has 66 heavy (non-hydrogen) atoms. The molecule has 0 spiro atoms. The summed E-state index contributed by atoms with van der Waals surface area (Å²) in [4.78, 5) is 97.0. The van der Waals surface area contributed by atoms with Gasteiger partial charge in [-0.3, -0.25) is 38.5 Å². The number of fused-ring (bicyclic) bond motifs is 1. The zero-order valence-corrected chi connectivity index (χ0v) is 38.6. The van der Waals surface area contributed by atoms with Gasteiger partial charge in [0, 0.05) is 67.4 Å². The SMILES string of the molecule is C/C(=C\C(=O)NCc1c(C)cc(C)[nH]c1=O)N(c1ccccc1)C(C)C1CCN(C(=O)COCCOCCOCCOCCCc2cccc3c2C(=O)N(C2CCC(=O)CC2=O)C3=O)CC1. The Labute approximate surface area is 386 Å². The van der Waals surface area contributed by atoms with Crippen LogP contribution in [0.15, 0.2) is 71.2 Å². The molecule has 1 saturated carbocycles. The molecule has 16 nitrogen and oxygen atoms in total. The number of ether oxygens (including phenoxy) is 4. The third-order valence-electron chi connectivity index (χ3n) is 12.5. The van der Waals surface area contributed by atoms with E-state index < -0.39 is 17.9 Å². The first-order valence-electron chi connectivity index (χ1n) is 23.0. The van der Waals surface area contributed by atoms with Gasteiger partial charge in [0.1, 0.15) is 12.4 Å². The van der Waals surface area contributed by atoms with Crippen molar-refractivity contribution in [3.05, 3.63) is 110 Å². The van der Waals surface area contributed by atoms with Crippen LogP contribution in [0.25, 0.3) is 0 Å². The van der Waals surface area contributed by atoms with Crippen LogP contribution in [0.3, 0.4) is 0 Å². The summed E-state index contributed by atoms with van der Waals surface area (Å²) in [6, 6.07) is 16.1. The van der Waals surface area contributed by atoms with Crippen molar-refractivity contribution in [2.45, 2.75) is 91.3 Å². The number of H-pyrrole nitrogens is 1. The lowest BCUT2D eigenvalue weighted by Gasteiger charge is -2.41. The van der Waals surface area contributed by atoms with Crippen molar-refractivity contribution in [3.8, 4) is 0 Å². The maximum atomic E-state index is 13.3. The van der Waals surface area contributed by atoms with Crippen LogP contribution in [0.1, 0.15) is 95.5 Å².